The summed E-state index contributed by atoms with van der Waals surface area (Å²) in [6, 6.07) is 26.9. The molecule has 1 aliphatic rings. The van der Waals surface area contributed by atoms with Crippen molar-refractivity contribution in [2.45, 2.75) is 63.9 Å². The van der Waals surface area contributed by atoms with Crippen LogP contribution in [0.1, 0.15) is 80.7 Å². The number of aliphatic hydroxyl groups excluding tert-OH is 1. The lowest BCUT2D eigenvalue weighted by molar-refractivity contribution is 0.139. The number of phenolic OH excluding ortho intramolecular Hbond substituents is 1. The van der Waals surface area contributed by atoms with Crippen LogP contribution in [-0.2, 0) is 5.41 Å². The van der Waals surface area contributed by atoms with Crippen LogP contribution in [0.5, 0.6) is 5.75 Å². The summed E-state index contributed by atoms with van der Waals surface area (Å²) in [5.74, 6) is 1.12. The molecule has 1 fully saturated rings. The Morgan fingerprint density at radius 2 is 1.46 bits per heavy atom. The second kappa shape index (κ2) is 11.4. The third-order valence-electron chi connectivity index (χ3n) is 7.65. The Bertz CT molecular complexity index is 1050. The van der Waals surface area contributed by atoms with Gasteiger partial charge in [-0.05, 0) is 79.4 Å². The highest BCUT2D eigenvalue weighted by Gasteiger charge is 2.30. The highest BCUT2D eigenvalue weighted by molar-refractivity contribution is 5.42. The minimum absolute atomic E-state index is 0.133. The Morgan fingerprint density at radius 1 is 0.829 bits per heavy atom. The molecule has 3 heteroatoms. The van der Waals surface area contributed by atoms with Crippen molar-refractivity contribution in [3.63, 3.8) is 0 Å². The van der Waals surface area contributed by atoms with E-state index < -0.39 is 6.10 Å². The number of benzene rings is 3. The molecule has 0 saturated carbocycles. The van der Waals surface area contributed by atoms with Gasteiger partial charge in [0.15, 0.2) is 0 Å². The summed E-state index contributed by atoms with van der Waals surface area (Å²) in [4.78, 5) is 2.54. The molecule has 2 atom stereocenters. The van der Waals surface area contributed by atoms with Crippen molar-refractivity contribution in [1.82, 2.24) is 4.90 Å². The van der Waals surface area contributed by atoms with Gasteiger partial charge in [0.25, 0.3) is 0 Å². The first-order valence-electron chi connectivity index (χ1n) is 13.2. The Kier molecular flexibility index (Phi) is 8.30. The average molecular weight is 472 g/mol. The Morgan fingerprint density at radius 3 is 2.09 bits per heavy atom. The summed E-state index contributed by atoms with van der Waals surface area (Å²) < 4.78 is 0. The predicted molar refractivity (Wildman–Crippen MR) is 145 cm³/mol. The van der Waals surface area contributed by atoms with E-state index in [1.165, 1.54) is 11.1 Å². The lowest BCUT2D eigenvalue weighted by Gasteiger charge is -2.37. The number of para-hydroxylation sites is 1. The van der Waals surface area contributed by atoms with Crippen LogP contribution >= 0.6 is 0 Å². The summed E-state index contributed by atoms with van der Waals surface area (Å²) in [7, 11) is 0. The minimum Gasteiger partial charge on any atom is -0.508 e. The molecule has 35 heavy (non-hydrogen) atoms. The van der Waals surface area contributed by atoms with Crippen LogP contribution in [0.15, 0.2) is 78.9 Å². The van der Waals surface area contributed by atoms with E-state index in [1.807, 2.05) is 18.2 Å². The lowest BCUT2D eigenvalue weighted by Crippen LogP contribution is -2.36. The highest BCUT2D eigenvalue weighted by atomic mass is 16.3. The average Bonchev–Trinajstić information content (AvgIpc) is 2.86. The molecule has 3 aromatic carbocycles. The maximum atomic E-state index is 10.7. The van der Waals surface area contributed by atoms with Crippen LogP contribution < -0.4 is 0 Å². The van der Waals surface area contributed by atoms with E-state index in [0.717, 1.165) is 56.4 Å². The fraction of sp³-hybridized carbons (Fsp3) is 0.438. The highest BCUT2D eigenvalue weighted by Crippen LogP contribution is 2.41. The van der Waals surface area contributed by atoms with E-state index in [2.05, 4.69) is 86.3 Å². The van der Waals surface area contributed by atoms with Crippen molar-refractivity contribution in [3.8, 4) is 5.75 Å². The van der Waals surface area contributed by atoms with Crippen molar-refractivity contribution in [2.75, 3.05) is 19.6 Å². The Labute approximate surface area is 211 Å². The smallest absolute Gasteiger partial charge is 0.119 e. The standard InChI is InChI=1S/C32H41NO2/c1-32(2,3)27-17-15-24(16-18-27)29(34)14-9-21-33-22-19-26(20-23-33)31(25-10-5-4-6-11-25)28-12-7-8-13-30(28)35/h4-8,10-13,15-18,26,29,31,34-35H,9,14,19-23H2,1-3H3. The van der Waals surface area contributed by atoms with Crippen LogP contribution in [0.4, 0.5) is 0 Å². The molecule has 0 radical (unpaired) electrons. The quantitative estimate of drug-likeness (QED) is 0.370. The maximum absolute atomic E-state index is 10.7. The molecule has 1 heterocycles. The summed E-state index contributed by atoms with van der Waals surface area (Å²) in [6.07, 6.45) is 3.62. The Balaban J connectivity index is 1.30. The number of aliphatic hydroxyl groups is 1. The molecular weight excluding hydrogens is 430 g/mol. The molecule has 3 aromatic rings. The lowest BCUT2D eigenvalue weighted by atomic mass is 9.76. The summed E-state index contributed by atoms with van der Waals surface area (Å²) in [5.41, 5.74) is 4.78. The predicted octanol–water partition coefficient (Wildman–Crippen LogP) is 7.05. The van der Waals surface area contributed by atoms with Gasteiger partial charge in [0.05, 0.1) is 6.10 Å². The van der Waals surface area contributed by atoms with E-state index in [-0.39, 0.29) is 11.3 Å². The van der Waals surface area contributed by atoms with Gasteiger partial charge in [-0.2, -0.15) is 0 Å². The van der Waals surface area contributed by atoms with Gasteiger partial charge in [-0.25, -0.2) is 0 Å². The molecular formula is C32H41NO2. The van der Waals surface area contributed by atoms with Gasteiger partial charge < -0.3 is 15.1 Å². The molecule has 1 aliphatic heterocycles. The van der Waals surface area contributed by atoms with E-state index in [0.29, 0.717) is 11.7 Å². The number of hydrogen-bond donors (Lipinski definition) is 2. The van der Waals surface area contributed by atoms with Gasteiger partial charge in [0.2, 0.25) is 0 Å². The van der Waals surface area contributed by atoms with E-state index >= 15 is 0 Å². The third kappa shape index (κ3) is 6.54. The fourth-order valence-electron chi connectivity index (χ4n) is 5.51. The van der Waals surface area contributed by atoms with Gasteiger partial charge in [-0.1, -0.05) is 93.6 Å². The number of phenols is 1. The molecule has 2 N–H and O–H groups in total. The molecule has 0 aromatic heterocycles. The van der Waals surface area contributed by atoms with Gasteiger partial charge in [0, 0.05) is 11.5 Å². The van der Waals surface area contributed by atoms with Crippen LogP contribution in [0.3, 0.4) is 0 Å². The molecule has 0 aliphatic carbocycles. The summed E-state index contributed by atoms with van der Waals surface area (Å²) in [6.45, 7) is 9.80. The molecule has 0 spiro atoms. The zero-order valence-electron chi connectivity index (χ0n) is 21.5. The van der Waals surface area contributed by atoms with Gasteiger partial charge >= 0.3 is 0 Å². The number of nitrogens with zero attached hydrogens (tertiary/aromatic N) is 1. The third-order valence-corrected chi connectivity index (χ3v) is 7.65. The molecule has 2 unspecified atom stereocenters. The molecule has 1 saturated heterocycles. The second-order valence-electron chi connectivity index (χ2n) is 11.2. The van der Waals surface area contributed by atoms with E-state index in [9.17, 15) is 10.2 Å². The van der Waals surface area contributed by atoms with Gasteiger partial charge in [-0.15, -0.1) is 0 Å². The normalized spacial score (nSPS) is 17.3. The van der Waals surface area contributed by atoms with Crippen molar-refractivity contribution in [3.05, 3.63) is 101 Å². The first kappa shape index (κ1) is 25.5. The van der Waals surface area contributed by atoms with Crippen molar-refractivity contribution in [1.29, 1.82) is 0 Å². The van der Waals surface area contributed by atoms with Gasteiger partial charge in [-0.3, -0.25) is 0 Å². The zero-order valence-corrected chi connectivity index (χ0v) is 21.5. The number of piperidine rings is 1. The minimum atomic E-state index is -0.398. The number of aromatic hydroxyl groups is 1. The number of rotatable bonds is 8. The van der Waals surface area contributed by atoms with E-state index in [4.69, 9.17) is 0 Å². The second-order valence-corrected chi connectivity index (χ2v) is 11.2. The Hall–Kier alpha value is -2.62. The maximum Gasteiger partial charge on any atom is 0.119 e. The van der Waals surface area contributed by atoms with Crippen LogP contribution in [-0.4, -0.2) is 34.7 Å². The van der Waals surface area contributed by atoms with Gasteiger partial charge in [0.1, 0.15) is 5.75 Å². The van der Waals surface area contributed by atoms with Crippen LogP contribution in [0, 0.1) is 5.92 Å². The summed E-state index contributed by atoms with van der Waals surface area (Å²) >= 11 is 0. The molecule has 3 nitrogen and oxygen atoms in total. The molecule has 0 bridgehead atoms. The topological polar surface area (TPSA) is 43.7 Å². The SMILES string of the molecule is CC(C)(C)c1ccc(C(O)CCCN2CCC(C(c3ccccc3)c3ccccc3O)CC2)cc1. The van der Waals surface area contributed by atoms with Crippen molar-refractivity contribution < 1.29 is 10.2 Å². The van der Waals surface area contributed by atoms with Crippen LogP contribution in [0.2, 0.25) is 0 Å². The monoisotopic (exact) mass is 471 g/mol. The first-order chi connectivity index (χ1) is 16.8. The largest absolute Gasteiger partial charge is 0.508 e. The molecule has 0 amide bonds. The van der Waals surface area contributed by atoms with Crippen molar-refractivity contribution >= 4 is 0 Å². The van der Waals surface area contributed by atoms with Crippen LogP contribution in [0.25, 0.3) is 0 Å². The summed E-state index contributed by atoms with van der Waals surface area (Å²) in [5, 5.41) is 21.3. The zero-order chi connectivity index (χ0) is 24.8. The fourth-order valence-corrected chi connectivity index (χ4v) is 5.51. The number of likely N-dealkylation sites (tertiary alicyclic amines) is 1. The molecule has 4 rings (SSSR count). The van der Waals surface area contributed by atoms with E-state index in [1.54, 1.807) is 0 Å². The van der Waals surface area contributed by atoms with Crippen molar-refractivity contribution in [2.24, 2.45) is 5.92 Å². The molecule has 186 valence electrons. The first-order valence-corrected chi connectivity index (χ1v) is 13.2. The number of hydrogen-bond acceptors (Lipinski definition) is 3.